The number of carbonyl (C=O) groups is 1. The molecule has 1 aromatic carbocycles. The lowest BCUT2D eigenvalue weighted by Crippen LogP contribution is -2.34. The highest BCUT2D eigenvalue weighted by atomic mass is 79.9. The van der Waals surface area contributed by atoms with Crippen LogP contribution >= 0.6 is 27.5 Å². The van der Waals surface area contributed by atoms with Gasteiger partial charge in [-0.1, -0.05) is 25.4 Å². The minimum atomic E-state index is -0.533. The first-order chi connectivity index (χ1) is 7.91. The fraction of sp³-hybridized carbons (Fsp3) is 0.417. The molecule has 0 aromatic heterocycles. The molecule has 3 nitrogen and oxygen atoms in total. The summed E-state index contributed by atoms with van der Waals surface area (Å²) < 4.78 is 0.677. The third kappa shape index (κ3) is 4.30. The number of hydrogen-bond acceptors (Lipinski definition) is 2. The van der Waals surface area contributed by atoms with Gasteiger partial charge in [-0.3, -0.25) is 4.79 Å². The van der Waals surface area contributed by atoms with Crippen LogP contribution in [0.15, 0.2) is 22.7 Å². The van der Waals surface area contributed by atoms with Gasteiger partial charge in [0.2, 0.25) is 0 Å². The monoisotopic (exact) mass is 319 g/mol. The Bertz CT molecular complexity index is 409. The second kappa shape index (κ2) is 6.38. The Kier molecular flexibility index (Phi) is 5.43. The minimum absolute atomic E-state index is 0.118. The van der Waals surface area contributed by atoms with Gasteiger partial charge in [0.1, 0.15) is 0 Å². The van der Waals surface area contributed by atoms with Crippen molar-refractivity contribution in [3.63, 3.8) is 0 Å². The van der Waals surface area contributed by atoms with Crippen molar-refractivity contribution in [1.29, 1.82) is 0 Å². The van der Waals surface area contributed by atoms with Gasteiger partial charge in [-0.25, -0.2) is 0 Å². The van der Waals surface area contributed by atoms with Crippen LogP contribution in [0.3, 0.4) is 0 Å². The lowest BCUT2D eigenvalue weighted by molar-refractivity contribution is 0.0871. The van der Waals surface area contributed by atoms with E-state index < -0.39 is 6.10 Å². The second-order valence-corrected chi connectivity index (χ2v) is 5.41. The number of aliphatic hydroxyl groups is 1. The van der Waals surface area contributed by atoms with Gasteiger partial charge in [0.15, 0.2) is 0 Å². The Balaban J connectivity index is 2.61. The van der Waals surface area contributed by atoms with Crippen LogP contribution in [0.25, 0.3) is 0 Å². The maximum atomic E-state index is 11.7. The van der Waals surface area contributed by atoms with Crippen molar-refractivity contribution in [2.24, 2.45) is 5.92 Å². The van der Waals surface area contributed by atoms with E-state index in [-0.39, 0.29) is 18.4 Å². The van der Waals surface area contributed by atoms with Gasteiger partial charge in [0, 0.05) is 16.6 Å². The molecule has 2 N–H and O–H groups in total. The van der Waals surface area contributed by atoms with Crippen LogP contribution in [0.2, 0.25) is 5.02 Å². The summed E-state index contributed by atoms with van der Waals surface area (Å²) in [6.45, 7) is 4.04. The zero-order valence-electron chi connectivity index (χ0n) is 9.71. The molecule has 5 heteroatoms. The third-order valence-corrected chi connectivity index (χ3v) is 3.64. The van der Waals surface area contributed by atoms with Gasteiger partial charge in [-0.05, 0) is 40.0 Å². The predicted molar refractivity (Wildman–Crippen MR) is 72.3 cm³/mol. The fourth-order valence-corrected chi connectivity index (χ4v) is 1.67. The number of amides is 1. The number of rotatable bonds is 4. The molecule has 17 heavy (non-hydrogen) atoms. The first kappa shape index (κ1) is 14.5. The Morgan fingerprint density at radius 2 is 2.18 bits per heavy atom. The largest absolute Gasteiger partial charge is 0.391 e. The summed E-state index contributed by atoms with van der Waals surface area (Å²) in [6.07, 6.45) is -0.533. The van der Waals surface area contributed by atoms with E-state index in [0.717, 1.165) is 0 Å². The first-order valence-corrected chi connectivity index (χ1v) is 6.50. The van der Waals surface area contributed by atoms with Crippen LogP contribution in [0, 0.1) is 5.92 Å². The molecule has 1 unspecified atom stereocenters. The quantitative estimate of drug-likeness (QED) is 0.896. The molecule has 94 valence electrons. The zero-order valence-corrected chi connectivity index (χ0v) is 12.0. The van der Waals surface area contributed by atoms with Crippen LogP contribution in [0.5, 0.6) is 0 Å². The summed E-state index contributed by atoms with van der Waals surface area (Å²) in [5.74, 6) is -0.102. The average molecular weight is 321 g/mol. The van der Waals surface area contributed by atoms with Crippen molar-refractivity contribution >= 4 is 33.4 Å². The molecule has 0 aliphatic rings. The molecule has 0 radical (unpaired) electrons. The van der Waals surface area contributed by atoms with Crippen LogP contribution in [0.4, 0.5) is 0 Å². The van der Waals surface area contributed by atoms with E-state index in [0.29, 0.717) is 15.1 Å². The molecule has 0 saturated carbocycles. The summed E-state index contributed by atoms with van der Waals surface area (Å²) in [6, 6.07) is 4.95. The summed E-state index contributed by atoms with van der Waals surface area (Å²) in [4.78, 5) is 11.7. The van der Waals surface area contributed by atoms with E-state index in [2.05, 4.69) is 21.2 Å². The van der Waals surface area contributed by atoms with Crippen molar-refractivity contribution in [1.82, 2.24) is 5.32 Å². The zero-order chi connectivity index (χ0) is 13.0. The Hall–Kier alpha value is -0.580. The number of aliphatic hydroxyl groups excluding tert-OH is 1. The van der Waals surface area contributed by atoms with Crippen LogP contribution in [0.1, 0.15) is 24.2 Å². The lowest BCUT2D eigenvalue weighted by Gasteiger charge is -2.15. The summed E-state index contributed by atoms with van der Waals surface area (Å²) >= 11 is 9.09. The van der Waals surface area contributed by atoms with Gasteiger partial charge in [-0.15, -0.1) is 0 Å². The first-order valence-electron chi connectivity index (χ1n) is 5.33. The van der Waals surface area contributed by atoms with Gasteiger partial charge in [0.25, 0.3) is 5.91 Å². The minimum Gasteiger partial charge on any atom is -0.391 e. The standard InChI is InChI=1S/C12H15BrClNO2/c1-7(2)11(16)6-15-12(17)8-3-4-10(14)9(13)5-8/h3-5,7,11,16H,6H2,1-2H3,(H,15,17). The number of carbonyl (C=O) groups excluding carboxylic acids is 1. The van der Waals surface area contributed by atoms with Gasteiger partial charge >= 0.3 is 0 Å². The van der Waals surface area contributed by atoms with E-state index in [1.165, 1.54) is 0 Å². The predicted octanol–water partition coefficient (Wildman–Crippen LogP) is 2.85. The molecule has 0 bridgehead atoms. The van der Waals surface area contributed by atoms with Gasteiger partial charge in [-0.2, -0.15) is 0 Å². The topological polar surface area (TPSA) is 49.3 Å². The van der Waals surface area contributed by atoms with Crippen molar-refractivity contribution in [3.05, 3.63) is 33.3 Å². The SMILES string of the molecule is CC(C)C(O)CNC(=O)c1ccc(Cl)c(Br)c1. The highest BCUT2D eigenvalue weighted by molar-refractivity contribution is 9.10. The van der Waals surface area contributed by atoms with Crippen LogP contribution < -0.4 is 5.32 Å². The molecular formula is C12H15BrClNO2. The van der Waals surface area contributed by atoms with E-state index in [4.69, 9.17) is 11.6 Å². The van der Waals surface area contributed by atoms with E-state index >= 15 is 0 Å². The molecule has 0 aliphatic heterocycles. The smallest absolute Gasteiger partial charge is 0.251 e. The molecule has 1 amide bonds. The number of nitrogens with one attached hydrogen (secondary N) is 1. The summed E-state index contributed by atoms with van der Waals surface area (Å²) in [5, 5.41) is 12.8. The molecule has 1 atom stereocenters. The van der Waals surface area contributed by atoms with Crippen molar-refractivity contribution in [2.75, 3.05) is 6.54 Å². The molecule has 1 rings (SSSR count). The summed E-state index contributed by atoms with van der Waals surface area (Å²) in [5.41, 5.74) is 0.511. The molecule has 0 spiro atoms. The highest BCUT2D eigenvalue weighted by Crippen LogP contribution is 2.23. The van der Waals surface area contributed by atoms with Gasteiger partial charge in [0.05, 0.1) is 11.1 Å². The third-order valence-electron chi connectivity index (χ3n) is 2.42. The van der Waals surface area contributed by atoms with Crippen molar-refractivity contribution in [3.8, 4) is 0 Å². The summed E-state index contributed by atoms with van der Waals surface area (Å²) in [7, 11) is 0. The van der Waals surface area contributed by atoms with Gasteiger partial charge < -0.3 is 10.4 Å². The molecule has 0 aliphatic carbocycles. The maximum absolute atomic E-state index is 11.7. The van der Waals surface area contributed by atoms with Crippen molar-refractivity contribution < 1.29 is 9.90 Å². The van der Waals surface area contributed by atoms with Crippen molar-refractivity contribution in [2.45, 2.75) is 20.0 Å². The molecule has 0 saturated heterocycles. The maximum Gasteiger partial charge on any atom is 0.251 e. The molecule has 1 aromatic rings. The van der Waals surface area contributed by atoms with Crippen LogP contribution in [-0.2, 0) is 0 Å². The van der Waals surface area contributed by atoms with E-state index in [9.17, 15) is 9.90 Å². The highest BCUT2D eigenvalue weighted by Gasteiger charge is 2.12. The molecular weight excluding hydrogens is 305 g/mol. The normalized spacial score (nSPS) is 12.6. The number of hydrogen-bond donors (Lipinski definition) is 2. The average Bonchev–Trinajstić information content (AvgIpc) is 2.28. The lowest BCUT2D eigenvalue weighted by atomic mass is 10.1. The number of halogens is 2. The Morgan fingerprint density at radius 3 is 2.71 bits per heavy atom. The second-order valence-electron chi connectivity index (χ2n) is 4.15. The number of benzene rings is 1. The Labute approximate surface area is 114 Å². The van der Waals surface area contributed by atoms with Crippen LogP contribution in [-0.4, -0.2) is 23.7 Å². The van der Waals surface area contributed by atoms with E-state index in [1.807, 2.05) is 13.8 Å². The Morgan fingerprint density at radius 1 is 1.53 bits per heavy atom. The fourth-order valence-electron chi connectivity index (χ4n) is 1.17. The molecule has 0 fully saturated rings. The van der Waals surface area contributed by atoms with E-state index in [1.54, 1.807) is 18.2 Å². The molecule has 0 heterocycles.